The molecule has 0 saturated carbocycles. The lowest BCUT2D eigenvalue weighted by molar-refractivity contribution is -0.120. The molecule has 1 heterocycles. The van der Waals surface area contributed by atoms with Crippen LogP contribution in [0.2, 0.25) is 0 Å². The molecular weight excluding hydrogens is 232 g/mol. The molecule has 0 spiro atoms. The molecule has 1 fully saturated rings. The van der Waals surface area contributed by atoms with Crippen LogP contribution in [0.4, 0.5) is 0 Å². The minimum absolute atomic E-state index is 0.0102. The Bertz CT molecular complexity index is 240. The van der Waals surface area contributed by atoms with Gasteiger partial charge in [0.25, 0.3) is 0 Å². The van der Waals surface area contributed by atoms with Gasteiger partial charge in [0.05, 0.1) is 19.3 Å². The first kappa shape index (κ1) is 15.1. The molecule has 2 N–H and O–H groups in total. The van der Waals surface area contributed by atoms with Gasteiger partial charge >= 0.3 is 0 Å². The fourth-order valence-electron chi connectivity index (χ4n) is 1.74. The van der Waals surface area contributed by atoms with Gasteiger partial charge in [0.1, 0.15) is 0 Å². The van der Waals surface area contributed by atoms with Crippen molar-refractivity contribution in [1.29, 1.82) is 0 Å². The number of nitrogens with one attached hydrogen (secondary N) is 2. The Labute approximate surface area is 109 Å². The first-order valence-electron chi connectivity index (χ1n) is 6.60. The van der Waals surface area contributed by atoms with E-state index in [1.165, 1.54) is 0 Å². The number of hydrogen-bond acceptors (Lipinski definition) is 4. The third-order valence-corrected chi connectivity index (χ3v) is 2.69. The zero-order chi connectivity index (χ0) is 13.1. The molecule has 104 valence electrons. The molecule has 1 atom stereocenters. The van der Waals surface area contributed by atoms with Crippen molar-refractivity contribution < 1.29 is 14.3 Å². The van der Waals surface area contributed by atoms with Gasteiger partial charge < -0.3 is 20.1 Å². The highest BCUT2D eigenvalue weighted by Crippen LogP contribution is 2.11. The fourth-order valence-corrected chi connectivity index (χ4v) is 1.74. The second-order valence-corrected chi connectivity index (χ2v) is 4.33. The van der Waals surface area contributed by atoms with Crippen molar-refractivity contribution in [3.8, 4) is 0 Å². The Morgan fingerprint density at radius 1 is 1.56 bits per heavy atom. The molecule has 0 aromatic heterocycles. The van der Waals surface area contributed by atoms with Crippen molar-refractivity contribution >= 4 is 5.91 Å². The van der Waals surface area contributed by atoms with Gasteiger partial charge in [-0.3, -0.25) is 4.79 Å². The Hall–Kier alpha value is -0.910. The van der Waals surface area contributed by atoms with E-state index in [-0.39, 0.29) is 12.0 Å². The van der Waals surface area contributed by atoms with E-state index in [0.29, 0.717) is 32.8 Å². The summed E-state index contributed by atoms with van der Waals surface area (Å²) < 4.78 is 10.9. The number of amides is 1. The summed E-state index contributed by atoms with van der Waals surface area (Å²) in [6.07, 6.45) is 5.09. The van der Waals surface area contributed by atoms with Crippen LogP contribution in [0.5, 0.6) is 0 Å². The number of hydrogen-bond donors (Lipinski definition) is 2. The molecule has 0 aromatic rings. The highest BCUT2D eigenvalue weighted by Gasteiger charge is 2.14. The Morgan fingerprint density at radius 3 is 3.17 bits per heavy atom. The van der Waals surface area contributed by atoms with E-state index >= 15 is 0 Å². The summed E-state index contributed by atoms with van der Waals surface area (Å²) in [5.41, 5.74) is 0. The highest BCUT2D eigenvalue weighted by molar-refractivity contribution is 5.77. The SMILES string of the molecule is C=CCNCC(=O)NCCCOCC1CCCO1. The summed E-state index contributed by atoms with van der Waals surface area (Å²) in [6, 6.07) is 0. The molecule has 0 aliphatic carbocycles. The van der Waals surface area contributed by atoms with Crippen LogP contribution in [0.15, 0.2) is 12.7 Å². The predicted molar refractivity (Wildman–Crippen MR) is 70.5 cm³/mol. The van der Waals surface area contributed by atoms with Gasteiger partial charge in [0.2, 0.25) is 5.91 Å². The predicted octanol–water partition coefficient (Wildman–Crippen LogP) is 0.464. The van der Waals surface area contributed by atoms with Crippen molar-refractivity contribution in [2.24, 2.45) is 0 Å². The number of ether oxygens (including phenoxy) is 2. The molecule has 1 aliphatic heterocycles. The van der Waals surface area contributed by atoms with Crippen LogP contribution < -0.4 is 10.6 Å². The zero-order valence-corrected chi connectivity index (χ0v) is 11.0. The second kappa shape index (κ2) is 10.1. The average Bonchev–Trinajstić information content (AvgIpc) is 2.87. The molecule has 1 unspecified atom stereocenters. The summed E-state index contributed by atoms with van der Waals surface area (Å²) in [7, 11) is 0. The van der Waals surface area contributed by atoms with E-state index in [1.54, 1.807) is 6.08 Å². The molecule has 0 aromatic carbocycles. The molecule has 1 saturated heterocycles. The van der Waals surface area contributed by atoms with Gasteiger partial charge in [-0.1, -0.05) is 6.08 Å². The Morgan fingerprint density at radius 2 is 2.44 bits per heavy atom. The average molecular weight is 256 g/mol. The van der Waals surface area contributed by atoms with E-state index in [4.69, 9.17) is 9.47 Å². The normalized spacial score (nSPS) is 18.8. The van der Waals surface area contributed by atoms with Crippen molar-refractivity contribution in [2.45, 2.75) is 25.4 Å². The Balaban J connectivity index is 1.82. The Kier molecular flexibility index (Phi) is 8.46. The van der Waals surface area contributed by atoms with Crippen molar-refractivity contribution in [3.05, 3.63) is 12.7 Å². The van der Waals surface area contributed by atoms with Gasteiger partial charge in [0.15, 0.2) is 0 Å². The number of carbonyl (C=O) groups excluding carboxylic acids is 1. The summed E-state index contributed by atoms with van der Waals surface area (Å²) >= 11 is 0. The van der Waals surface area contributed by atoms with E-state index in [0.717, 1.165) is 25.9 Å². The molecule has 5 nitrogen and oxygen atoms in total. The minimum Gasteiger partial charge on any atom is -0.379 e. The maximum Gasteiger partial charge on any atom is 0.233 e. The monoisotopic (exact) mass is 256 g/mol. The molecule has 5 heteroatoms. The number of carbonyl (C=O) groups is 1. The largest absolute Gasteiger partial charge is 0.379 e. The van der Waals surface area contributed by atoms with Crippen LogP contribution in [0, 0.1) is 0 Å². The van der Waals surface area contributed by atoms with Crippen LogP contribution in [0.3, 0.4) is 0 Å². The van der Waals surface area contributed by atoms with Crippen LogP contribution >= 0.6 is 0 Å². The van der Waals surface area contributed by atoms with E-state index in [9.17, 15) is 4.79 Å². The molecular formula is C13H24N2O3. The summed E-state index contributed by atoms with van der Waals surface area (Å²) in [6.45, 7) is 7.41. The van der Waals surface area contributed by atoms with E-state index in [1.807, 2.05) is 0 Å². The van der Waals surface area contributed by atoms with Crippen LogP contribution in [-0.2, 0) is 14.3 Å². The topological polar surface area (TPSA) is 59.6 Å². The molecule has 1 aliphatic rings. The molecule has 1 rings (SSSR count). The first-order valence-corrected chi connectivity index (χ1v) is 6.60. The third kappa shape index (κ3) is 7.42. The van der Waals surface area contributed by atoms with Gasteiger partial charge in [-0.2, -0.15) is 0 Å². The third-order valence-electron chi connectivity index (χ3n) is 2.69. The number of rotatable bonds is 10. The maximum atomic E-state index is 11.3. The fraction of sp³-hybridized carbons (Fsp3) is 0.769. The van der Waals surface area contributed by atoms with Gasteiger partial charge in [-0.05, 0) is 19.3 Å². The smallest absolute Gasteiger partial charge is 0.233 e. The lowest BCUT2D eigenvalue weighted by atomic mass is 10.2. The van der Waals surface area contributed by atoms with Crippen molar-refractivity contribution in [1.82, 2.24) is 10.6 Å². The highest BCUT2D eigenvalue weighted by atomic mass is 16.5. The molecule has 18 heavy (non-hydrogen) atoms. The summed E-state index contributed by atoms with van der Waals surface area (Å²) in [4.78, 5) is 11.3. The first-order chi connectivity index (χ1) is 8.83. The standard InChI is InChI=1S/C13H24N2O3/c1-2-6-14-10-13(16)15-7-4-8-17-11-12-5-3-9-18-12/h2,12,14H,1,3-11H2,(H,15,16). The van der Waals surface area contributed by atoms with Crippen LogP contribution in [0.1, 0.15) is 19.3 Å². The van der Waals surface area contributed by atoms with Crippen LogP contribution in [0.25, 0.3) is 0 Å². The van der Waals surface area contributed by atoms with Gasteiger partial charge in [0, 0.05) is 26.3 Å². The van der Waals surface area contributed by atoms with Crippen molar-refractivity contribution in [2.75, 3.05) is 39.5 Å². The van der Waals surface area contributed by atoms with E-state index < -0.39 is 0 Å². The lowest BCUT2D eigenvalue weighted by Gasteiger charge is -2.10. The lowest BCUT2D eigenvalue weighted by Crippen LogP contribution is -2.34. The summed E-state index contributed by atoms with van der Waals surface area (Å²) in [5.74, 6) is 0.0102. The van der Waals surface area contributed by atoms with E-state index in [2.05, 4.69) is 17.2 Å². The molecule has 0 radical (unpaired) electrons. The quantitative estimate of drug-likeness (QED) is 0.440. The maximum absolute atomic E-state index is 11.3. The zero-order valence-electron chi connectivity index (χ0n) is 11.0. The minimum atomic E-state index is 0.0102. The second-order valence-electron chi connectivity index (χ2n) is 4.33. The molecule has 1 amide bonds. The van der Waals surface area contributed by atoms with Gasteiger partial charge in [-0.25, -0.2) is 0 Å². The molecule has 0 bridgehead atoms. The van der Waals surface area contributed by atoms with Crippen LogP contribution in [-0.4, -0.2) is 51.5 Å². The van der Waals surface area contributed by atoms with Gasteiger partial charge in [-0.15, -0.1) is 6.58 Å². The van der Waals surface area contributed by atoms with Crippen molar-refractivity contribution in [3.63, 3.8) is 0 Å². The summed E-state index contributed by atoms with van der Waals surface area (Å²) in [5, 5.41) is 5.77.